The fourth-order valence-corrected chi connectivity index (χ4v) is 3.12. The van der Waals surface area contributed by atoms with Crippen molar-refractivity contribution in [3.05, 3.63) is 0 Å². The zero-order valence-corrected chi connectivity index (χ0v) is 7.73. The van der Waals surface area contributed by atoms with Crippen molar-refractivity contribution in [3.8, 4) is 12.3 Å². The van der Waals surface area contributed by atoms with E-state index in [0.717, 1.165) is 0 Å². The second kappa shape index (κ2) is 3.04. The molecular formula is C7H8F3O2P. The van der Waals surface area contributed by atoms with Crippen LogP contribution in [0.25, 0.3) is 0 Å². The van der Waals surface area contributed by atoms with Gasteiger partial charge in [0.25, 0.3) is 0 Å². The Labute approximate surface area is 73.9 Å². The van der Waals surface area contributed by atoms with E-state index in [1.807, 2.05) is 5.92 Å². The number of hydrogen-bond donors (Lipinski definition) is 0. The second-order valence-corrected chi connectivity index (χ2v) is 5.64. The first-order chi connectivity index (χ1) is 5.76. The van der Waals surface area contributed by atoms with Gasteiger partial charge in [0.2, 0.25) is 7.37 Å². The topological polar surface area (TPSA) is 26.3 Å². The van der Waals surface area contributed by atoms with Crippen LogP contribution in [0.3, 0.4) is 0 Å². The van der Waals surface area contributed by atoms with Gasteiger partial charge >= 0.3 is 6.18 Å². The lowest BCUT2D eigenvalue weighted by molar-refractivity contribution is -0.176. The summed E-state index contributed by atoms with van der Waals surface area (Å²) < 4.78 is 52.6. The molecule has 0 aromatic carbocycles. The van der Waals surface area contributed by atoms with Crippen LogP contribution in [0.5, 0.6) is 0 Å². The standard InChI is InChI=1S/C7H8F3O2P/c1-3-6-5(7(8,9)10)4-13(2,11)12-6/h1,5-6H,4H2,2H3. The predicted octanol–water partition coefficient (Wildman–Crippen LogP) is 2.10. The summed E-state index contributed by atoms with van der Waals surface area (Å²) in [6.07, 6.45) is -1.49. The van der Waals surface area contributed by atoms with E-state index < -0.39 is 31.7 Å². The number of hydrogen-bond acceptors (Lipinski definition) is 2. The molecule has 74 valence electrons. The Kier molecular flexibility index (Phi) is 2.48. The SMILES string of the molecule is C#CC1OP(C)(=O)CC1C(F)(F)F. The summed E-state index contributed by atoms with van der Waals surface area (Å²) in [6, 6.07) is 0. The molecular weight excluding hydrogens is 204 g/mol. The highest BCUT2D eigenvalue weighted by molar-refractivity contribution is 7.58. The molecule has 1 fully saturated rings. The molecule has 1 aliphatic rings. The van der Waals surface area contributed by atoms with E-state index in [9.17, 15) is 17.7 Å². The van der Waals surface area contributed by atoms with Crippen LogP contribution in [-0.2, 0) is 9.09 Å². The zero-order valence-electron chi connectivity index (χ0n) is 6.84. The van der Waals surface area contributed by atoms with Crippen LogP contribution in [0.4, 0.5) is 13.2 Å². The Morgan fingerprint density at radius 2 is 2.15 bits per heavy atom. The van der Waals surface area contributed by atoms with Crippen LogP contribution in [0, 0.1) is 18.3 Å². The Morgan fingerprint density at radius 1 is 1.62 bits per heavy atom. The van der Waals surface area contributed by atoms with Crippen LogP contribution in [0.15, 0.2) is 0 Å². The van der Waals surface area contributed by atoms with Gasteiger partial charge in [0.1, 0.15) is 12.0 Å². The average molecular weight is 212 g/mol. The van der Waals surface area contributed by atoms with Gasteiger partial charge in [-0.15, -0.1) is 6.42 Å². The molecule has 0 aromatic heterocycles. The van der Waals surface area contributed by atoms with Crippen LogP contribution in [0.2, 0.25) is 0 Å². The van der Waals surface area contributed by atoms with Crippen LogP contribution in [-0.4, -0.2) is 25.1 Å². The molecule has 0 saturated carbocycles. The van der Waals surface area contributed by atoms with Crippen molar-refractivity contribution in [2.45, 2.75) is 12.3 Å². The zero-order chi connectivity index (χ0) is 10.3. The van der Waals surface area contributed by atoms with E-state index in [2.05, 4.69) is 4.52 Å². The van der Waals surface area contributed by atoms with Gasteiger partial charge in [-0.3, -0.25) is 4.57 Å². The first-order valence-corrected chi connectivity index (χ1v) is 5.80. The summed E-state index contributed by atoms with van der Waals surface area (Å²) in [7, 11) is -3.13. The van der Waals surface area contributed by atoms with E-state index in [0.29, 0.717) is 0 Å². The van der Waals surface area contributed by atoms with E-state index in [1.54, 1.807) is 0 Å². The van der Waals surface area contributed by atoms with Crippen molar-refractivity contribution < 1.29 is 22.3 Å². The molecule has 0 bridgehead atoms. The molecule has 1 rings (SSSR count). The molecule has 1 saturated heterocycles. The Morgan fingerprint density at radius 3 is 2.46 bits per heavy atom. The normalized spacial score (nSPS) is 40.2. The summed E-state index contributed by atoms with van der Waals surface area (Å²) in [5.74, 6) is 0.0778. The minimum absolute atomic E-state index is 0.509. The molecule has 1 heterocycles. The Hall–Kier alpha value is -0.460. The van der Waals surface area contributed by atoms with Crippen molar-refractivity contribution in [1.82, 2.24) is 0 Å². The molecule has 6 heteroatoms. The first kappa shape index (κ1) is 10.6. The van der Waals surface area contributed by atoms with Gasteiger partial charge in [-0.25, -0.2) is 0 Å². The Bertz CT molecular complexity index is 291. The lowest BCUT2D eigenvalue weighted by atomic mass is 10.1. The minimum Gasteiger partial charge on any atom is -0.311 e. The summed E-state index contributed by atoms with van der Waals surface area (Å²) in [6.45, 7) is 1.17. The summed E-state index contributed by atoms with van der Waals surface area (Å²) >= 11 is 0. The van der Waals surface area contributed by atoms with Crippen LogP contribution >= 0.6 is 7.37 Å². The monoisotopic (exact) mass is 212 g/mol. The van der Waals surface area contributed by atoms with Gasteiger partial charge in [0.05, 0.1) is 0 Å². The smallest absolute Gasteiger partial charge is 0.311 e. The summed E-state index contributed by atoms with van der Waals surface area (Å²) in [4.78, 5) is 0. The number of alkyl halides is 3. The molecule has 1 aliphatic heterocycles. The van der Waals surface area contributed by atoms with Crippen molar-refractivity contribution in [1.29, 1.82) is 0 Å². The maximum atomic E-state index is 12.2. The highest BCUT2D eigenvalue weighted by Crippen LogP contribution is 2.56. The van der Waals surface area contributed by atoms with E-state index >= 15 is 0 Å². The molecule has 2 nitrogen and oxygen atoms in total. The highest BCUT2D eigenvalue weighted by atomic mass is 31.2. The molecule has 0 aromatic rings. The number of rotatable bonds is 0. The Balaban J connectivity index is 2.89. The van der Waals surface area contributed by atoms with Crippen molar-refractivity contribution in [2.24, 2.45) is 5.92 Å². The third kappa shape index (κ3) is 2.26. The summed E-state index contributed by atoms with van der Waals surface area (Å²) in [5.41, 5.74) is 0. The molecule has 0 spiro atoms. The quantitative estimate of drug-likeness (QED) is 0.454. The maximum Gasteiger partial charge on any atom is 0.395 e. The van der Waals surface area contributed by atoms with Gasteiger partial charge in [-0.1, -0.05) is 5.92 Å². The van der Waals surface area contributed by atoms with E-state index in [-0.39, 0.29) is 0 Å². The molecule has 0 amide bonds. The molecule has 3 unspecified atom stereocenters. The molecule has 13 heavy (non-hydrogen) atoms. The van der Waals surface area contributed by atoms with Crippen LogP contribution < -0.4 is 0 Å². The third-order valence-electron chi connectivity index (χ3n) is 1.82. The first-order valence-electron chi connectivity index (χ1n) is 3.54. The largest absolute Gasteiger partial charge is 0.395 e. The van der Waals surface area contributed by atoms with E-state index in [4.69, 9.17) is 6.42 Å². The summed E-state index contributed by atoms with van der Waals surface area (Å²) in [5, 5.41) is 0. The molecule has 0 N–H and O–H groups in total. The number of halogens is 3. The van der Waals surface area contributed by atoms with Gasteiger partial charge in [0, 0.05) is 12.8 Å². The average Bonchev–Trinajstić information content (AvgIpc) is 2.24. The van der Waals surface area contributed by atoms with Gasteiger partial charge in [0.15, 0.2) is 0 Å². The van der Waals surface area contributed by atoms with Gasteiger partial charge in [-0.2, -0.15) is 13.2 Å². The minimum atomic E-state index is -4.43. The van der Waals surface area contributed by atoms with Gasteiger partial charge < -0.3 is 4.52 Å². The fourth-order valence-electron chi connectivity index (χ4n) is 1.23. The van der Waals surface area contributed by atoms with E-state index in [1.165, 1.54) is 6.66 Å². The molecule has 0 radical (unpaired) electrons. The van der Waals surface area contributed by atoms with Crippen LogP contribution in [0.1, 0.15) is 0 Å². The van der Waals surface area contributed by atoms with Gasteiger partial charge in [-0.05, 0) is 0 Å². The van der Waals surface area contributed by atoms with Crippen molar-refractivity contribution in [3.63, 3.8) is 0 Å². The highest BCUT2D eigenvalue weighted by Gasteiger charge is 2.53. The fraction of sp³-hybridized carbons (Fsp3) is 0.714. The molecule has 3 atom stereocenters. The lowest BCUT2D eigenvalue weighted by Crippen LogP contribution is -2.31. The molecule has 0 aliphatic carbocycles. The second-order valence-electron chi connectivity index (χ2n) is 3.04. The number of terminal acetylenes is 1. The maximum absolute atomic E-state index is 12.2. The third-order valence-corrected chi connectivity index (χ3v) is 3.54. The lowest BCUT2D eigenvalue weighted by Gasteiger charge is -2.15. The van der Waals surface area contributed by atoms with Crippen molar-refractivity contribution >= 4 is 7.37 Å². The van der Waals surface area contributed by atoms with Crippen molar-refractivity contribution in [2.75, 3.05) is 12.8 Å². The predicted molar refractivity (Wildman–Crippen MR) is 41.6 cm³/mol.